The van der Waals surface area contributed by atoms with Crippen LogP contribution in [0.2, 0.25) is 0 Å². The molecule has 1 N–H and O–H groups in total. The maximum absolute atomic E-state index is 12.5. The minimum absolute atomic E-state index is 0.0307. The van der Waals surface area contributed by atoms with E-state index in [-0.39, 0.29) is 12.3 Å². The molecule has 0 radical (unpaired) electrons. The minimum Gasteiger partial charge on any atom is -0.481 e. The Hall–Kier alpha value is -2.30. The molecule has 1 aliphatic heterocycles. The number of hydrogen-bond acceptors (Lipinski definition) is 3. The van der Waals surface area contributed by atoms with Gasteiger partial charge in [0.1, 0.15) is 5.58 Å². The molecule has 1 saturated heterocycles. The van der Waals surface area contributed by atoms with E-state index in [1.807, 2.05) is 26.0 Å². The molecule has 2 aromatic rings. The predicted octanol–water partition coefficient (Wildman–Crippen LogP) is 2.92. The van der Waals surface area contributed by atoms with E-state index < -0.39 is 11.9 Å². The van der Waals surface area contributed by atoms with Crippen molar-refractivity contribution in [1.29, 1.82) is 0 Å². The monoisotopic (exact) mass is 315 g/mol. The molecule has 0 aliphatic carbocycles. The Balaban J connectivity index is 1.78. The molecule has 5 nitrogen and oxygen atoms in total. The van der Waals surface area contributed by atoms with Crippen molar-refractivity contribution in [3.8, 4) is 0 Å². The first-order valence-electron chi connectivity index (χ1n) is 7.93. The fourth-order valence-electron chi connectivity index (χ4n) is 3.15. The number of likely N-dealkylation sites (tertiary alicyclic amines) is 1. The molecule has 1 fully saturated rings. The largest absolute Gasteiger partial charge is 0.481 e. The number of amides is 1. The minimum atomic E-state index is -0.817. The molecule has 0 unspecified atom stereocenters. The molecule has 1 aromatic carbocycles. The lowest BCUT2D eigenvalue weighted by molar-refractivity contribution is -0.145. The number of furan rings is 1. The van der Waals surface area contributed by atoms with Crippen molar-refractivity contribution in [3.05, 3.63) is 35.1 Å². The first-order valence-corrected chi connectivity index (χ1v) is 7.93. The molecule has 1 amide bonds. The molecule has 0 saturated carbocycles. The van der Waals surface area contributed by atoms with Gasteiger partial charge in [-0.3, -0.25) is 9.59 Å². The summed E-state index contributed by atoms with van der Waals surface area (Å²) in [5, 5.41) is 10.1. The first-order chi connectivity index (χ1) is 11.0. The number of carboxylic acid groups (broad SMARTS) is 1. The molecule has 1 aromatic heterocycles. The second-order valence-electron chi connectivity index (χ2n) is 6.39. The fourth-order valence-corrected chi connectivity index (χ4v) is 3.15. The molecule has 1 aliphatic rings. The first kappa shape index (κ1) is 15.6. The van der Waals surface area contributed by atoms with Crippen LogP contribution in [0.5, 0.6) is 0 Å². The predicted molar refractivity (Wildman–Crippen MR) is 86.3 cm³/mol. The van der Waals surface area contributed by atoms with Crippen LogP contribution in [0.25, 0.3) is 11.0 Å². The lowest BCUT2D eigenvalue weighted by Crippen LogP contribution is -2.42. The number of aliphatic carboxylic acids is 1. The van der Waals surface area contributed by atoms with E-state index in [9.17, 15) is 9.59 Å². The van der Waals surface area contributed by atoms with Gasteiger partial charge >= 0.3 is 5.97 Å². The number of rotatable bonds is 3. The number of carboxylic acids is 1. The average Bonchev–Trinajstić information content (AvgIpc) is 2.90. The van der Waals surface area contributed by atoms with Crippen molar-refractivity contribution >= 4 is 22.8 Å². The Labute approximate surface area is 134 Å². The van der Waals surface area contributed by atoms with Crippen molar-refractivity contribution in [2.24, 2.45) is 5.92 Å². The number of aryl methyl sites for hydroxylation is 2. The molecule has 0 bridgehead atoms. The van der Waals surface area contributed by atoms with Gasteiger partial charge in [-0.05, 0) is 49.9 Å². The summed E-state index contributed by atoms with van der Waals surface area (Å²) < 4.78 is 5.57. The summed E-state index contributed by atoms with van der Waals surface area (Å²) in [5.41, 5.74) is 3.98. The number of carbonyl (C=O) groups is 2. The molecule has 122 valence electrons. The number of hydrogen-bond donors (Lipinski definition) is 1. The average molecular weight is 315 g/mol. The maximum atomic E-state index is 12.5. The number of carbonyl (C=O) groups excluding carboxylic acids is 1. The highest BCUT2D eigenvalue weighted by atomic mass is 16.4. The summed E-state index contributed by atoms with van der Waals surface area (Å²) in [6.45, 7) is 5.01. The highest BCUT2D eigenvalue weighted by Crippen LogP contribution is 2.26. The van der Waals surface area contributed by atoms with E-state index in [0.29, 0.717) is 19.5 Å². The maximum Gasteiger partial charge on any atom is 0.308 e. The summed E-state index contributed by atoms with van der Waals surface area (Å²) in [6.07, 6.45) is 3.28. The quantitative estimate of drug-likeness (QED) is 0.945. The van der Waals surface area contributed by atoms with Crippen LogP contribution in [0.3, 0.4) is 0 Å². The molecule has 2 heterocycles. The van der Waals surface area contributed by atoms with Crippen molar-refractivity contribution in [2.45, 2.75) is 33.1 Å². The fraction of sp³-hybridized carbons (Fsp3) is 0.444. The third kappa shape index (κ3) is 3.09. The summed E-state index contributed by atoms with van der Waals surface area (Å²) in [6, 6.07) is 4.03. The SMILES string of the molecule is Cc1cc2occ(CC(=O)N3CCC[C@H](C(=O)O)C3)c2cc1C. The van der Waals surface area contributed by atoms with Gasteiger partial charge in [0.05, 0.1) is 18.6 Å². The molecule has 23 heavy (non-hydrogen) atoms. The Morgan fingerprint density at radius 3 is 2.78 bits per heavy atom. The number of fused-ring (bicyclic) bond motifs is 1. The third-order valence-corrected chi connectivity index (χ3v) is 4.74. The van der Waals surface area contributed by atoms with Crippen LogP contribution in [0, 0.1) is 19.8 Å². The lowest BCUT2D eigenvalue weighted by Gasteiger charge is -2.30. The lowest BCUT2D eigenvalue weighted by atomic mass is 9.97. The van der Waals surface area contributed by atoms with E-state index in [1.165, 1.54) is 0 Å². The van der Waals surface area contributed by atoms with Gasteiger partial charge in [0.2, 0.25) is 5.91 Å². The Morgan fingerprint density at radius 1 is 1.30 bits per heavy atom. The molecular weight excluding hydrogens is 294 g/mol. The molecule has 5 heteroatoms. The number of nitrogens with zero attached hydrogens (tertiary/aromatic N) is 1. The molecule has 3 rings (SSSR count). The van der Waals surface area contributed by atoms with Gasteiger partial charge in [-0.25, -0.2) is 0 Å². The standard InChI is InChI=1S/C18H21NO4/c1-11-6-15-14(10-23-16(15)7-12(11)2)8-17(20)19-5-3-4-13(9-19)18(21)22/h6-7,10,13H,3-5,8-9H2,1-2H3,(H,21,22)/t13-/m0/s1. The van der Waals surface area contributed by atoms with Gasteiger partial charge in [-0.15, -0.1) is 0 Å². The Morgan fingerprint density at radius 2 is 2.04 bits per heavy atom. The normalized spacial score (nSPS) is 18.3. The van der Waals surface area contributed by atoms with Gasteiger partial charge in [0.25, 0.3) is 0 Å². The Bertz CT molecular complexity index is 762. The molecule has 1 atom stereocenters. The van der Waals surface area contributed by atoms with Crippen molar-refractivity contribution in [2.75, 3.05) is 13.1 Å². The summed E-state index contributed by atoms with van der Waals surface area (Å²) in [4.78, 5) is 25.3. The smallest absolute Gasteiger partial charge is 0.308 e. The van der Waals surface area contributed by atoms with Crippen LogP contribution in [-0.4, -0.2) is 35.0 Å². The van der Waals surface area contributed by atoms with Gasteiger partial charge in [-0.2, -0.15) is 0 Å². The van der Waals surface area contributed by atoms with Crippen molar-refractivity contribution < 1.29 is 19.1 Å². The van der Waals surface area contributed by atoms with Crippen LogP contribution in [0.1, 0.15) is 29.5 Å². The number of benzene rings is 1. The van der Waals surface area contributed by atoms with E-state index in [0.717, 1.165) is 34.1 Å². The molecular formula is C18H21NO4. The third-order valence-electron chi connectivity index (χ3n) is 4.74. The summed E-state index contributed by atoms with van der Waals surface area (Å²) >= 11 is 0. The second-order valence-corrected chi connectivity index (χ2v) is 6.39. The van der Waals surface area contributed by atoms with Gasteiger partial charge in [0, 0.05) is 24.0 Å². The summed E-state index contributed by atoms with van der Waals surface area (Å²) in [7, 11) is 0. The summed E-state index contributed by atoms with van der Waals surface area (Å²) in [5.74, 6) is -1.29. The highest BCUT2D eigenvalue weighted by molar-refractivity contribution is 5.88. The van der Waals surface area contributed by atoms with E-state index >= 15 is 0 Å². The van der Waals surface area contributed by atoms with E-state index in [4.69, 9.17) is 9.52 Å². The zero-order valence-corrected chi connectivity index (χ0v) is 13.5. The van der Waals surface area contributed by atoms with Gasteiger partial charge in [-0.1, -0.05) is 0 Å². The zero-order chi connectivity index (χ0) is 16.6. The van der Waals surface area contributed by atoms with Gasteiger partial charge < -0.3 is 14.4 Å². The number of piperidine rings is 1. The van der Waals surface area contributed by atoms with E-state index in [1.54, 1.807) is 11.2 Å². The second kappa shape index (κ2) is 6.07. The van der Waals surface area contributed by atoms with Crippen LogP contribution in [0.4, 0.5) is 0 Å². The van der Waals surface area contributed by atoms with Crippen molar-refractivity contribution in [3.63, 3.8) is 0 Å². The van der Waals surface area contributed by atoms with Crippen LogP contribution in [0.15, 0.2) is 22.8 Å². The topological polar surface area (TPSA) is 70.8 Å². The van der Waals surface area contributed by atoms with Gasteiger partial charge in [0.15, 0.2) is 0 Å². The highest BCUT2D eigenvalue weighted by Gasteiger charge is 2.28. The zero-order valence-electron chi connectivity index (χ0n) is 13.5. The molecule has 0 spiro atoms. The van der Waals surface area contributed by atoms with Crippen LogP contribution >= 0.6 is 0 Å². The van der Waals surface area contributed by atoms with Crippen molar-refractivity contribution in [1.82, 2.24) is 4.90 Å². The van der Waals surface area contributed by atoms with E-state index in [2.05, 4.69) is 0 Å². The van der Waals surface area contributed by atoms with Crippen LogP contribution < -0.4 is 0 Å². The van der Waals surface area contributed by atoms with Crippen LogP contribution in [-0.2, 0) is 16.0 Å². The Kier molecular flexibility index (Phi) is 4.11.